The predicted molar refractivity (Wildman–Crippen MR) is 100 cm³/mol. The van der Waals surface area contributed by atoms with Crippen LogP contribution in [-0.2, 0) is 9.53 Å². The highest BCUT2D eigenvalue weighted by molar-refractivity contribution is 6.09. The molecule has 4 rings (SSSR count). The van der Waals surface area contributed by atoms with Gasteiger partial charge in [0.15, 0.2) is 6.10 Å². The number of para-hydroxylation sites is 1. The number of hydrogen-bond acceptors (Lipinski definition) is 4. The van der Waals surface area contributed by atoms with Crippen LogP contribution < -0.4 is 0 Å². The zero-order valence-electron chi connectivity index (χ0n) is 14.9. The summed E-state index contributed by atoms with van der Waals surface area (Å²) in [5, 5.41) is 1.04. The third-order valence-electron chi connectivity index (χ3n) is 4.75. The molecule has 7 heteroatoms. The van der Waals surface area contributed by atoms with Gasteiger partial charge in [-0.1, -0.05) is 25.1 Å². The van der Waals surface area contributed by atoms with E-state index in [1.807, 2.05) is 37.4 Å². The third kappa shape index (κ3) is 2.97. The molecule has 2 atom stereocenters. The monoisotopic (exact) mass is 362 g/mol. The fourth-order valence-electron chi connectivity index (χ4n) is 3.22. The van der Waals surface area contributed by atoms with Crippen LogP contribution in [0.25, 0.3) is 10.9 Å². The van der Waals surface area contributed by atoms with Crippen molar-refractivity contribution in [2.24, 2.45) is 4.99 Å². The number of H-pyrrole nitrogens is 1. The lowest BCUT2D eigenvalue weighted by molar-refractivity contribution is -0.123. The van der Waals surface area contributed by atoms with E-state index in [2.05, 4.69) is 15.0 Å². The first-order valence-electron chi connectivity index (χ1n) is 8.59. The van der Waals surface area contributed by atoms with E-state index in [0.717, 1.165) is 16.5 Å². The van der Waals surface area contributed by atoms with E-state index in [1.54, 1.807) is 18.3 Å². The summed E-state index contributed by atoms with van der Waals surface area (Å²) >= 11 is 0. The number of amidine groups is 1. The summed E-state index contributed by atoms with van der Waals surface area (Å²) in [5.41, 5.74) is 2.36. The Kier molecular flexibility index (Phi) is 4.19. The van der Waals surface area contributed by atoms with Crippen LogP contribution in [0.2, 0.25) is 0 Å². The van der Waals surface area contributed by atoms with Crippen LogP contribution in [-0.4, -0.2) is 45.9 Å². The number of fused-ring (bicyclic) bond motifs is 1. The van der Waals surface area contributed by atoms with Gasteiger partial charge in [0.05, 0.1) is 5.56 Å². The molecular formula is C20H18N4O3. The Morgan fingerprint density at radius 2 is 2.07 bits per heavy atom. The normalized spacial score (nSPS) is 17.5. The van der Waals surface area contributed by atoms with E-state index in [9.17, 15) is 9.59 Å². The van der Waals surface area contributed by atoms with Gasteiger partial charge >= 0.3 is 6.02 Å². The molecule has 0 unspecified atom stereocenters. The Morgan fingerprint density at radius 1 is 1.26 bits per heavy atom. The minimum absolute atomic E-state index is 0.00513. The Morgan fingerprint density at radius 3 is 2.85 bits per heavy atom. The Hall–Kier alpha value is -3.48. The zero-order chi connectivity index (χ0) is 19.0. The van der Waals surface area contributed by atoms with Crippen molar-refractivity contribution in [1.29, 1.82) is 0 Å². The lowest BCUT2D eigenvalue weighted by Gasteiger charge is -2.20. The van der Waals surface area contributed by atoms with E-state index in [-0.39, 0.29) is 17.8 Å². The van der Waals surface area contributed by atoms with Crippen molar-refractivity contribution in [3.05, 3.63) is 66.1 Å². The molecule has 0 radical (unpaired) electrons. The highest BCUT2D eigenvalue weighted by Gasteiger charge is 2.38. The van der Waals surface area contributed by atoms with Gasteiger partial charge in [0, 0.05) is 42.5 Å². The number of benzene rings is 1. The second-order valence-electron chi connectivity index (χ2n) is 6.46. The van der Waals surface area contributed by atoms with Crippen LogP contribution in [0, 0.1) is 0 Å². The average molecular weight is 362 g/mol. The lowest BCUT2D eigenvalue weighted by Crippen LogP contribution is -2.35. The molecule has 3 aromatic rings. The number of aromatic amines is 1. The second-order valence-corrected chi connectivity index (χ2v) is 6.46. The zero-order valence-corrected chi connectivity index (χ0v) is 14.9. The SMILES string of the molecule is C[C@H](c1c[nH]c2ccccc12)[C@@H]1OC(N(C)C(=O)c2cccnc2)=NC1=O. The van der Waals surface area contributed by atoms with Gasteiger partial charge in [-0.15, -0.1) is 0 Å². The van der Waals surface area contributed by atoms with Crippen molar-refractivity contribution >= 4 is 28.7 Å². The molecule has 0 aliphatic carbocycles. The van der Waals surface area contributed by atoms with Gasteiger partial charge in [0.2, 0.25) is 0 Å². The number of amides is 2. The number of rotatable bonds is 3. The lowest BCUT2D eigenvalue weighted by atomic mass is 9.94. The summed E-state index contributed by atoms with van der Waals surface area (Å²) in [4.78, 5) is 37.3. The molecule has 1 aliphatic rings. The predicted octanol–water partition coefficient (Wildman–Crippen LogP) is 2.72. The van der Waals surface area contributed by atoms with Crippen LogP contribution in [0.15, 0.2) is 60.0 Å². The molecular weight excluding hydrogens is 344 g/mol. The largest absolute Gasteiger partial charge is 0.450 e. The topological polar surface area (TPSA) is 87.7 Å². The molecule has 0 fully saturated rings. The first kappa shape index (κ1) is 17.0. The minimum atomic E-state index is -0.775. The van der Waals surface area contributed by atoms with Crippen molar-refractivity contribution < 1.29 is 14.3 Å². The van der Waals surface area contributed by atoms with Crippen molar-refractivity contribution in [2.45, 2.75) is 18.9 Å². The number of nitrogens with zero attached hydrogens (tertiary/aromatic N) is 3. The van der Waals surface area contributed by atoms with Gasteiger partial charge in [-0.2, -0.15) is 4.99 Å². The maximum atomic E-state index is 12.5. The van der Waals surface area contributed by atoms with Gasteiger partial charge in [0.1, 0.15) is 0 Å². The van der Waals surface area contributed by atoms with Gasteiger partial charge in [-0.3, -0.25) is 19.5 Å². The van der Waals surface area contributed by atoms with Crippen molar-refractivity contribution in [2.75, 3.05) is 7.05 Å². The smallest absolute Gasteiger partial charge is 0.303 e. The van der Waals surface area contributed by atoms with Crippen molar-refractivity contribution in [3.63, 3.8) is 0 Å². The number of hydrogen-bond donors (Lipinski definition) is 1. The number of pyridine rings is 1. The molecule has 0 saturated heterocycles. The first-order valence-corrected chi connectivity index (χ1v) is 8.59. The summed E-state index contributed by atoms with van der Waals surface area (Å²) < 4.78 is 5.78. The molecule has 0 saturated carbocycles. The molecule has 2 aromatic heterocycles. The summed E-state index contributed by atoms with van der Waals surface area (Å²) in [5.74, 6) is -0.958. The Balaban J connectivity index is 1.54. The number of aliphatic imine (C=N–C) groups is 1. The molecule has 1 aromatic carbocycles. The van der Waals surface area contributed by atoms with Gasteiger partial charge in [-0.25, -0.2) is 0 Å². The molecule has 0 spiro atoms. The van der Waals surface area contributed by atoms with E-state index in [0.29, 0.717) is 5.56 Å². The fraction of sp³-hybridized carbons (Fsp3) is 0.200. The first-order chi connectivity index (χ1) is 13.1. The molecule has 1 N–H and O–H groups in total. The molecule has 2 amide bonds. The Labute approximate surface area is 155 Å². The molecule has 0 bridgehead atoms. The van der Waals surface area contributed by atoms with Crippen LogP contribution in [0.5, 0.6) is 0 Å². The maximum absolute atomic E-state index is 12.5. The third-order valence-corrected chi connectivity index (χ3v) is 4.75. The molecule has 3 heterocycles. The molecule has 27 heavy (non-hydrogen) atoms. The van der Waals surface area contributed by atoms with Gasteiger partial charge in [0.25, 0.3) is 11.8 Å². The highest BCUT2D eigenvalue weighted by Crippen LogP contribution is 2.31. The number of ether oxygens (including phenoxy) is 1. The molecule has 1 aliphatic heterocycles. The van der Waals surface area contributed by atoms with Gasteiger partial charge in [-0.05, 0) is 23.8 Å². The standard InChI is InChI=1S/C20H18N4O3/c1-12(15-11-22-16-8-4-3-7-14(15)16)17-18(25)23-20(27-17)24(2)19(26)13-6-5-9-21-10-13/h3-12,17,22H,1-2H3/t12-,17+/m1/s1. The number of nitrogens with one attached hydrogen (secondary N) is 1. The van der Waals surface area contributed by atoms with Crippen LogP contribution in [0.3, 0.4) is 0 Å². The highest BCUT2D eigenvalue weighted by atomic mass is 16.5. The quantitative estimate of drug-likeness (QED) is 0.776. The summed E-state index contributed by atoms with van der Waals surface area (Å²) in [6.45, 7) is 1.92. The van der Waals surface area contributed by atoms with Crippen LogP contribution in [0.4, 0.5) is 0 Å². The average Bonchev–Trinajstić information content (AvgIpc) is 3.31. The van der Waals surface area contributed by atoms with Crippen molar-refractivity contribution in [3.8, 4) is 0 Å². The molecule has 7 nitrogen and oxygen atoms in total. The van der Waals surface area contributed by atoms with E-state index in [1.165, 1.54) is 18.1 Å². The van der Waals surface area contributed by atoms with Crippen molar-refractivity contribution in [1.82, 2.24) is 14.9 Å². The minimum Gasteiger partial charge on any atom is -0.450 e. The summed E-state index contributed by atoms with van der Waals surface area (Å²) in [6, 6.07) is 11.2. The van der Waals surface area contributed by atoms with E-state index < -0.39 is 12.0 Å². The summed E-state index contributed by atoms with van der Waals surface area (Å²) in [7, 11) is 1.53. The molecule has 136 valence electrons. The Bertz CT molecular complexity index is 1040. The van der Waals surface area contributed by atoms with Crippen LogP contribution in [0.1, 0.15) is 28.8 Å². The number of aromatic nitrogens is 2. The summed E-state index contributed by atoms with van der Waals surface area (Å²) in [6.07, 6.45) is 4.16. The maximum Gasteiger partial charge on any atom is 0.303 e. The van der Waals surface area contributed by atoms with Crippen LogP contribution >= 0.6 is 0 Å². The number of carbonyl (C=O) groups is 2. The van der Waals surface area contributed by atoms with E-state index in [4.69, 9.17) is 4.74 Å². The fourth-order valence-corrected chi connectivity index (χ4v) is 3.22. The van der Waals surface area contributed by atoms with Gasteiger partial charge < -0.3 is 9.72 Å². The second kappa shape index (κ2) is 6.68. The number of carbonyl (C=O) groups excluding carboxylic acids is 2. The van der Waals surface area contributed by atoms with E-state index >= 15 is 0 Å².